The summed E-state index contributed by atoms with van der Waals surface area (Å²) < 4.78 is 29.4. The van der Waals surface area contributed by atoms with Gasteiger partial charge in [-0.1, -0.05) is 12.1 Å². The smallest absolute Gasteiger partial charge is 0.387 e. The molecular formula is C17H25F2N3O2. The Hall–Kier alpha value is -1.73. The number of likely N-dealkylation sites (N-methyl/N-ethyl adjacent to an activating group) is 1. The molecule has 0 unspecified atom stereocenters. The van der Waals surface area contributed by atoms with Crippen molar-refractivity contribution in [2.24, 2.45) is 0 Å². The van der Waals surface area contributed by atoms with Crippen LogP contribution in [0.1, 0.15) is 19.8 Å². The third-order valence-electron chi connectivity index (χ3n) is 4.45. The number of amides is 1. The van der Waals surface area contributed by atoms with Gasteiger partial charge in [0.25, 0.3) is 0 Å². The summed E-state index contributed by atoms with van der Waals surface area (Å²) in [7, 11) is 4.08. The predicted molar refractivity (Wildman–Crippen MR) is 89.4 cm³/mol. The molecule has 7 heteroatoms. The van der Waals surface area contributed by atoms with E-state index >= 15 is 0 Å². The molecule has 1 aromatic carbocycles. The first-order valence-electron chi connectivity index (χ1n) is 8.13. The monoisotopic (exact) mass is 341 g/mol. The van der Waals surface area contributed by atoms with Crippen molar-refractivity contribution in [3.8, 4) is 5.75 Å². The van der Waals surface area contributed by atoms with Crippen LogP contribution < -0.4 is 10.1 Å². The largest absolute Gasteiger partial charge is 0.433 e. The van der Waals surface area contributed by atoms with Crippen molar-refractivity contribution >= 4 is 11.6 Å². The Morgan fingerprint density at radius 2 is 2.08 bits per heavy atom. The van der Waals surface area contributed by atoms with Crippen LogP contribution in [0, 0.1) is 0 Å². The fourth-order valence-corrected chi connectivity index (χ4v) is 2.93. The number of alkyl halides is 2. The molecule has 1 aliphatic heterocycles. The fraction of sp³-hybridized carbons (Fsp3) is 0.588. The molecule has 0 saturated carbocycles. The molecule has 1 heterocycles. The molecule has 2 rings (SSSR count). The number of para-hydroxylation sites is 2. The number of benzene rings is 1. The summed E-state index contributed by atoms with van der Waals surface area (Å²) in [5.74, 6) is -0.252. The Bertz CT molecular complexity index is 554. The second-order valence-corrected chi connectivity index (χ2v) is 6.29. The van der Waals surface area contributed by atoms with E-state index in [2.05, 4.69) is 19.9 Å². The first-order chi connectivity index (χ1) is 11.4. The van der Waals surface area contributed by atoms with Crippen molar-refractivity contribution < 1.29 is 18.3 Å². The summed E-state index contributed by atoms with van der Waals surface area (Å²) in [6, 6.07) is 6.30. The second kappa shape index (κ2) is 8.39. The van der Waals surface area contributed by atoms with Crippen LogP contribution in [0.15, 0.2) is 24.3 Å². The van der Waals surface area contributed by atoms with Gasteiger partial charge in [-0.05, 0) is 52.5 Å². The summed E-state index contributed by atoms with van der Waals surface area (Å²) in [5, 5.41) is 2.70. The highest BCUT2D eigenvalue weighted by atomic mass is 19.3. The molecule has 0 bridgehead atoms. The molecule has 0 aliphatic carbocycles. The maximum atomic E-state index is 12.5. The van der Waals surface area contributed by atoms with Crippen molar-refractivity contribution in [1.82, 2.24) is 9.80 Å². The first-order valence-corrected chi connectivity index (χ1v) is 8.13. The van der Waals surface area contributed by atoms with Gasteiger partial charge < -0.3 is 15.0 Å². The van der Waals surface area contributed by atoms with Crippen LogP contribution >= 0.6 is 0 Å². The lowest BCUT2D eigenvalue weighted by Crippen LogP contribution is -2.51. The van der Waals surface area contributed by atoms with E-state index < -0.39 is 6.61 Å². The van der Waals surface area contributed by atoms with Crippen molar-refractivity contribution in [2.75, 3.05) is 32.5 Å². The van der Waals surface area contributed by atoms with E-state index in [1.807, 2.05) is 21.0 Å². The molecule has 24 heavy (non-hydrogen) atoms. The van der Waals surface area contributed by atoms with Crippen molar-refractivity contribution in [2.45, 2.75) is 38.5 Å². The number of nitrogens with zero attached hydrogens (tertiary/aromatic N) is 2. The first kappa shape index (κ1) is 18.6. The highest BCUT2D eigenvalue weighted by Gasteiger charge is 2.28. The lowest BCUT2D eigenvalue weighted by atomic mass is 10.0. The third-order valence-corrected chi connectivity index (χ3v) is 4.45. The summed E-state index contributed by atoms with van der Waals surface area (Å²) in [5.41, 5.74) is 0.260. The number of carbonyl (C=O) groups is 1. The van der Waals surface area contributed by atoms with Gasteiger partial charge in [0, 0.05) is 12.6 Å². The van der Waals surface area contributed by atoms with Crippen LogP contribution in [0.5, 0.6) is 5.75 Å². The van der Waals surface area contributed by atoms with Crippen LogP contribution in [0.3, 0.4) is 0 Å². The SMILES string of the molecule is C[C@H](C(=O)Nc1ccccc1OC(F)F)N1CCC[C@H](N(C)C)C1. The van der Waals surface area contributed by atoms with E-state index in [0.717, 1.165) is 25.9 Å². The molecule has 1 saturated heterocycles. The number of likely N-dealkylation sites (tertiary alicyclic amines) is 1. The van der Waals surface area contributed by atoms with E-state index in [1.165, 1.54) is 6.07 Å². The Labute approximate surface area is 141 Å². The number of nitrogens with one attached hydrogen (secondary N) is 1. The minimum absolute atomic E-state index is 0.0298. The highest BCUT2D eigenvalue weighted by Crippen LogP contribution is 2.26. The molecule has 1 N–H and O–H groups in total. The van der Waals surface area contributed by atoms with Crippen LogP contribution in [-0.2, 0) is 4.79 Å². The van der Waals surface area contributed by atoms with E-state index in [1.54, 1.807) is 18.2 Å². The van der Waals surface area contributed by atoms with E-state index in [9.17, 15) is 13.6 Å². The molecule has 1 aliphatic rings. The summed E-state index contributed by atoms with van der Waals surface area (Å²) in [6.07, 6.45) is 2.15. The molecule has 0 aromatic heterocycles. The summed E-state index contributed by atoms with van der Waals surface area (Å²) in [6.45, 7) is 0.581. The number of carbonyl (C=O) groups excluding carboxylic acids is 1. The molecule has 0 radical (unpaired) electrons. The van der Waals surface area contributed by atoms with Crippen molar-refractivity contribution in [3.63, 3.8) is 0 Å². The minimum Gasteiger partial charge on any atom is -0.433 e. The Morgan fingerprint density at radius 1 is 1.38 bits per heavy atom. The fourth-order valence-electron chi connectivity index (χ4n) is 2.93. The summed E-state index contributed by atoms with van der Waals surface area (Å²) in [4.78, 5) is 16.8. The Morgan fingerprint density at radius 3 is 2.75 bits per heavy atom. The maximum absolute atomic E-state index is 12.5. The lowest BCUT2D eigenvalue weighted by Gasteiger charge is -2.38. The zero-order valence-electron chi connectivity index (χ0n) is 14.3. The van der Waals surface area contributed by atoms with Gasteiger partial charge in [-0.25, -0.2) is 0 Å². The zero-order chi connectivity index (χ0) is 17.7. The third kappa shape index (κ3) is 4.88. The van der Waals surface area contributed by atoms with Crippen LogP contribution in [0.2, 0.25) is 0 Å². The molecule has 134 valence electrons. The van der Waals surface area contributed by atoms with Crippen LogP contribution in [-0.4, -0.2) is 61.6 Å². The number of anilines is 1. The van der Waals surface area contributed by atoms with Crippen LogP contribution in [0.4, 0.5) is 14.5 Å². The standard InChI is InChI=1S/C17H25F2N3O2/c1-12(22-10-6-7-13(11-22)21(2)3)16(23)20-14-8-4-5-9-15(14)24-17(18)19/h4-5,8-9,12-13,17H,6-7,10-11H2,1-3H3,(H,20,23)/t12-,13+/m1/s1. The second-order valence-electron chi connectivity index (χ2n) is 6.29. The van der Waals surface area contributed by atoms with E-state index in [-0.39, 0.29) is 23.4 Å². The van der Waals surface area contributed by atoms with Gasteiger partial charge in [-0.3, -0.25) is 9.69 Å². The maximum Gasteiger partial charge on any atom is 0.387 e. The van der Waals surface area contributed by atoms with Gasteiger partial charge in [0.1, 0.15) is 5.75 Å². The molecule has 0 spiro atoms. The van der Waals surface area contributed by atoms with Crippen LogP contribution in [0.25, 0.3) is 0 Å². The van der Waals surface area contributed by atoms with Crippen molar-refractivity contribution in [3.05, 3.63) is 24.3 Å². The lowest BCUT2D eigenvalue weighted by molar-refractivity contribution is -0.121. The quantitative estimate of drug-likeness (QED) is 0.864. The molecule has 1 amide bonds. The molecule has 2 atom stereocenters. The Balaban J connectivity index is 2.01. The molecule has 1 aromatic rings. The number of hydrogen-bond donors (Lipinski definition) is 1. The summed E-state index contributed by atoms with van der Waals surface area (Å²) >= 11 is 0. The molecule has 5 nitrogen and oxygen atoms in total. The number of ether oxygens (including phenoxy) is 1. The Kier molecular flexibility index (Phi) is 6.51. The predicted octanol–water partition coefficient (Wildman–Crippen LogP) is 2.64. The number of hydrogen-bond acceptors (Lipinski definition) is 4. The zero-order valence-corrected chi connectivity index (χ0v) is 14.3. The molecular weight excluding hydrogens is 316 g/mol. The minimum atomic E-state index is -2.93. The number of piperidine rings is 1. The van der Waals surface area contributed by atoms with Gasteiger partial charge in [-0.15, -0.1) is 0 Å². The van der Waals surface area contributed by atoms with Crippen molar-refractivity contribution in [1.29, 1.82) is 0 Å². The number of halogens is 2. The van der Waals surface area contributed by atoms with E-state index in [0.29, 0.717) is 6.04 Å². The van der Waals surface area contributed by atoms with Gasteiger partial charge in [0.05, 0.1) is 11.7 Å². The topological polar surface area (TPSA) is 44.8 Å². The highest BCUT2D eigenvalue weighted by molar-refractivity contribution is 5.95. The average molecular weight is 341 g/mol. The number of rotatable bonds is 6. The van der Waals surface area contributed by atoms with Gasteiger partial charge in [0.15, 0.2) is 0 Å². The van der Waals surface area contributed by atoms with E-state index in [4.69, 9.17) is 0 Å². The van der Waals surface area contributed by atoms with Gasteiger partial charge >= 0.3 is 6.61 Å². The van der Waals surface area contributed by atoms with Gasteiger partial charge in [0.2, 0.25) is 5.91 Å². The average Bonchev–Trinajstić information content (AvgIpc) is 2.55. The van der Waals surface area contributed by atoms with Gasteiger partial charge in [-0.2, -0.15) is 8.78 Å². The normalized spacial score (nSPS) is 20.2. The molecule has 1 fully saturated rings.